The van der Waals surface area contributed by atoms with E-state index in [0.717, 1.165) is 42.8 Å². The number of thiocarbonyl (C=S) groups is 1. The van der Waals surface area contributed by atoms with Crippen molar-refractivity contribution in [1.29, 1.82) is 0 Å². The number of rotatable bonds is 3. The summed E-state index contributed by atoms with van der Waals surface area (Å²) in [7, 11) is 0. The van der Waals surface area contributed by atoms with E-state index in [0.29, 0.717) is 10.6 Å². The Balaban J connectivity index is 1.37. The van der Waals surface area contributed by atoms with Crippen LogP contribution in [0.15, 0.2) is 78.9 Å². The van der Waals surface area contributed by atoms with Gasteiger partial charge in [0.05, 0.1) is 10.2 Å². The highest BCUT2D eigenvalue weighted by molar-refractivity contribution is 7.80. The van der Waals surface area contributed by atoms with Crippen molar-refractivity contribution in [2.75, 3.05) is 5.32 Å². The molecule has 1 heterocycles. The lowest BCUT2D eigenvalue weighted by atomic mass is 10.0. The van der Waals surface area contributed by atoms with Crippen LogP contribution in [-0.2, 0) is 0 Å². The number of hydrogen-bond donors (Lipinski definition) is 2. The topological polar surface area (TPSA) is 54.0 Å². The Kier molecular flexibility index (Phi) is 5.81. The molecule has 162 valence electrons. The van der Waals surface area contributed by atoms with Crippen LogP contribution in [0.5, 0.6) is 0 Å². The number of para-hydroxylation sites is 1. The third kappa shape index (κ3) is 4.33. The maximum Gasteiger partial charge on any atom is 0.258 e. The monoisotopic (exact) mass is 487 g/mol. The third-order valence-corrected chi connectivity index (χ3v) is 6.99. The number of nitrogens with zero attached hydrogens (tertiary/aromatic N) is 1. The largest absolute Gasteiger partial charge is 0.332 e. The van der Waals surface area contributed by atoms with Gasteiger partial charge in [-0.1, -0.05) is 60.1 Å². The van der Waals surface area contributed by atoms with Gasteiger partial charge in [0.25, 0.3) is 5.91 Å². The molecule has 1 aromatic heterocycles. The number of benzene rings is 4. The standard InChI is InChI=1S/C26H18ClN3OS2/c1-15-12-13-16(25-28-21-10-2-3-11-23(21)33-25)14-22(15)29-26(32)30-24(31)19-8-4-7-18-17(19)6-5-9-20(18)27/h2-14H,1H3,(H2,29,30,31,32). The van der Waals surface area contributed by atoms with Crippen LogP contribution in [0.1, 0.15) is 15.9 Å². The highest BCUT2D eigenvalue weighted by Gasteiger charge is 2.14. The Morgan fingerprint density at radius 1 is 0.970 bits per heavy atom. The van der Waals surface area contributed by atoms with Crippen LogP contribution in [0.2, 0.25) is 5.02 Å². The number of carbonyl (C=O) groups is 1. The van der Waals surface area contributed by atoms with E-state index >= 15 is 0 Å². The number of nitrogens with one attached hydrogen (secondary N) is 2. The van der Waals surface area contributed by atoms with Gasteiger partial charge in [-0.25, -0.2) is 4.98 Å². The second kappa shape index (κ2) is 8.90. The average molecular weight is 488 g/mol. The first kappa shape index (κ1) is 21.5. The van der Waals surface area contributed by atoms with Crippen molar-refractivity contribution in [3.8, 4) is 10.6 Å². The number of anilines is 1. The molecule has 0 bridgehead atoms. The fraction of sp³-hybridized carbons (Fsp3) is 0.0385. The molecule has 0 saturated carbocycles. The summed E-state index contributed by atoms with van der Waals surface area (Å²) < 4.78 is 1.14. The summed E-state index contributed by atoms with van der Waals surface area (Å²) in [6.45, 7) is 1.99. The molecular weight excluding hydrogens is 470 g/mol. The van der Waals surface area contributed by atoms with Crippen molar-refractivity contribution in [3.05, 3.63) is 95.0 Å². The number of fused-ring (bicyclic) bond motifs is 2. The molecule has 7 heteroatoms. The van der Waals surface area contributed by atoms with E-state index in [1.807, 2.05) is 67.6 Å². The molecule has 0 aliphatic carbocycles. The molecule has 0 saturated heterocycles. The first-order valence-corrected chi connectivity index (χ1v) is 11.9. The molecular formula is C26H18ClN3OS2. The lowest BCUT2D eigenvalue weighted by molar-refractivity contribution is 0.0979. The summed E-state index contributed by atoms with van der Waals surface area (Å²) in [5, 5.41) is 9.32. The minimum atomic E-state index is -0.291. The van der Waals surface area contributed by atoms with Crippen LogP contribution in [0.25, 0.3) is 31.6 Å². The molecule has 4 aromatic carbocycles. The van der Waals surface area contributed by atoms with E-state index in [-0.39, 0.29) is 11.0 Å². The van der Waals surface area contributed by atoms with Crippen molar-refractivity contribution in [2.24, 2.45) is 0 Å². The zero-order valence-corrected chi connectivity index (χ0v) is 19.9. The van der Waals surface area contributed by atoms with Gasteiger partial charge in [-0.05, 0) is 60.4 Å². The number of halogens is 1. The van der Waals surface area contributed by atoms with E-state index in [1.54, 1.807) is 23.5 Å². The summed E-state index contributed by atoms with van der Waals surface area (Å²) in [6.07, 6.45) is 0. The van der Waals surface area contributed by atoms with E-state index in [1.165, 1.54) is 0 Å². The zero-order chi connectivity index (χ0) is 22.9. The average Bonchev–Trinajstić information content (AvgIpc) is 3.25. The van der Waals surface area contributed by atoms with Crippen LogP contribution in [-0.4, -0.2) is 16.0 Å². The molecule has 0 spiro atoms. The van der Waals surface area contributed by atoms with Crippen LogP contribution < -0.4 is 10.6 Å². The zero-order valence-electron chi connectivity index (χ0n) is 17.6. The SMILES string of the molecule is Cc1ccc(-c2nc3ccccc3s2)cc1NC(=S)NC(=O)c1cccc2c(Cl)cccc12. The second-order valence-corrected chi connectivity index (χ2v) is 9.41. The molecule has 5 aromatic rings. The maximum absolute atomic E-state index is 13.0. The van der Waals surface area contributed by atoms with E-state index < -0.39 is 0 Å². The normalized spacial score (nSPS) is 11.0. The van der Waals surface area contributed by atoms with E-state index in [9.17, 15) is 4.79 Å². The minimum Gasteiger partial charge on any atom is -0.332 e. The van der Waals surface area contributed by atoms with Gasteiger partial charge in [0, 0.05) is 27.2 Å². The molecule has 5 rings (SSSR count). The van der Waals surface area contributed by atoms with E-state index in [4.69, 9.17) is 28.8 Å². The molecule has 0 radical (unpaired) electrons. The van der Waals surface area contributed by atoms with Crippen molar-refractivity contribution in [2.45, 2.75) is 6.92 Å². The fourth-order valence-corrected chi connectivity index (χ4v) is 5.08. The van der Waals surface area contributed by atoms with Crippen molar-refractivity contribution in [1.82, 2.24) is 10.3 Å². The summed E-state index contributed by atoms with van der Waals surface area (Å²) in [5.41, 5.74) is 4.30. The van der Waals surface area contributed by atoms with Crippen LogP contribution in [0, 0.1) is 6.92 Å². The molecule has 4 nitrogen and oxygen atoms in total. The molecule has 2 N–H and O–H groups in total. The predicted molar refractivity (Wildman–Crippen MR) is 142 cm³/mol. The smallest absolute Gasteiger partial charge is 0.258 e. The Morgan fingerprint density at radius 2 is 1.76 bits per heavy atom. The van der Waals surface area contributed by atoms with Crippen molar-refractivity contribution < 1.29 is 4.79 Å². The second-order valence-electron chi connectivity index (χ2n) is 7.57. The predicted octanol–water partition coefficient (Wildman–Crippen LogP) is 7.21. The summed E-state index contributed by atoms with van der Waals surface area (Å²) >= 11 is 13.4. The van der Waals surface area contributed by atoms with Gasteiger partial charge in [0.1, 0.15) is 5.01 Å². The summed E-state index contributed by atoms with van der Waals surface area (Å²) in [5.74, 6) is -0.291. The molecule has 1 amide bonds. The first-order valence-electron chi connectivity index (χ1n) is 10.3. The summed E-state index contributed by atoms with van der Waals surface area (Å²) in [6, 6.07) is 25.1. The van der Waals surface area contributed by atoms with Crippen molar-refractivity contribution >= 4 is 72.9 Å². The minimum absolute atomic E-state index is 0.226. The van der Waals surface area contributed by atoms with Gasteiger partial charge in [0.15, 0.2) is 5.11 Å². The molecule has 0 unspecified atom stereocenters. The highest BCUT2D eigenvalue weighted by Crippen LogP contribution is 2.32. The number of aromatic nitrogens is 1. The van der Waals surface area contributed by atoms with E-state index in [2.05, 4.69) is 16.7 Å². The molecule has 0 aliphatic heterocycles. The van der Waals surface area contributed by atoms with Gasteiger partial charge in [-0.3, -0.25) is 10.1 Å². The molecule has 33 heavy (non-hydrogen) atoms. The first-order chi connectivity index (χ1) is 16.0. The van der Waals surface area contributed by atoms with Gasteiger partial charge in [-0.15, -0.1) is 11.3 Å². The number of carbonyl (C=O) groups excluding carboxylic acids is 1. The third-order valence-electron chi connectivity index (χ3n) is 5.37. The molecule has 0 atom stereocenters. The molecule has 0 aliphatic rings. The highest BCUT2D eigenvalue weighted by atomic mass is 35.5. The molecule has 0 fully saturated rings. The number of hydrogen-bond acceptors (Lipinski definition) is 4. The quantitative estimate of drug-likeness (QED) is 0.264. The lowest BCUT2D eigenvalue weighted by Crippen LogP contribution is -2.34. The van der Waals surface area contributed by atoms with Crippen LogP contribution >= 0.6 is 35.2 Å². The van der Waals surface area contributed by atoms with Gasteiger partial charge >= 0.3 is 0 Å². The maximum atomic E-state index is 13.0. The van der Waals surface area contributed by atoms with Crippen LogP contribution in [0.3, 0.4) is 0 Å². The van der Waals surface area contributed by atoms with Gasteiger partial charge < -0.3 is 5.32 Å². The number of amides is 1. The van der Waals surface area contributed by atoms with Crippen LogP contribution in [0.4, 0.5) is 5.69 Å². The Hall–Kier alpha value is -3.32. The number of thiazole rings is 1. The van der Waals surface area contributed by atoms with Gasteiger partial charge in [0.2, 0.25) is 0 Å². The van der Waals surface area contributed by atoms with Crippen molar-refractivity contribution in [3.63, 3.8) is 0 Å². The van der Waals surface area contributed by atoms with Gasteiger partial charge in [-0.2, -0.15) is 0 Å². The summed E-state index contributed by atoms with van der Waals surface area (Å²) in [4.78, 5) is 17.7. The Bertz CT molecular complexity index is 1510. The Labute approximate surface area is 205 Å². The fourth-order valence-electron chi connectivity index (χ4n) is 3.68. The Morgan fingerprint density at radius 3 is 2.61 bits per heavy atom. The number of aryl methyl sites for hydroxylation is 1. The lowest BCUT2D eigenvalue weighted by Gasteiger charge is -2.14.